The Labute approximate surface area is 195 Å². The van der Waals surface area contributed by atoms with Gasteiger partial charge in [0.25, 0.3) is 5.56 Å². The van der Waals surface area contributed by atoms with E-state index in [4.69, 9.17) is 4.98 Å². The van der Waals surface area contributed by atoms with E-state index in [2.05, 4.69) is 49.8 Å². The van der Waals surface area contributed by atoms with Gasteiger partial charge in [0.15, 0.2) is 5.16 Å². The summed E-state index contributed by atoms with van der Waals surface area (Å²) < 4.78 is 31.0. The van der Waals surface area contributed by atoms with Gasteiger partial charge in [-0.1, -0.05) is 68.9 Å². The minimum Gasteiger partial charge on any atom is -0.435 e. The van der Waals surface area contributed by atoms with Crippen LogP contribution in [0.3, 0.4) is 0 Å². The highest BCUT2D eigenvalue weighted by Crippen LogP contribution is 2.27. The average Bonchev–Trinajstić information content (AvgIpc) is 2.78. The zero-order valence-electron chi connectivity index (χ0n) is 18.6. The van der Waals surface area contributed by atoms with Gasteiger partial charge < -0.3 is 4.74 Å². The zero-order chi connectivity index (χ0) is 23.6. The number of thioether (sulfide) groups is 1. The molecule has 1 aromatic heterocycles. The van der Waals surface area contributed by atoms with Crippen LogP contribution in [0.4, 0.5) is 8.78 Å². The lowest BCUT2D eigenvalue weighted by Gasteiger charge is -2.19. The van der Waals surface area contributed by atoms with Crippen molar-refractivity contribution in [2.75, 3.05) is 0 Å². The number of halogens is 2. The van der Waals surface area contributed by atoms with Crippen LogP contribution in [0.1, 0.15) is 31.9 Å². The number of hydrogen-bond donors (Lipinski definition) is 0. The van der Waals surface area contributed by atoms with Crippen molar-refractivity contribution < 1.29 is 13.5 Å². The van der Waals surface area contributed by atoms with Crippen LogP contribution < -0.4 is 10.3 Å². The Kier molecular flexibility index (Phi) is 6.51. The highest BCUT2D eigenvalue weighted by atomic mass is 32.2. The van der Waals surface area contributed by atoms with Crippen molar-refractivity contribution in [3.63, 3.8) is 0 Å². The van der Waals surface area contributed by atoms with E-state index in [9.17, 15) is 13.6 Å². The summed E-state index contributed by atoms with van der Waals surface area (Å²) in [6.07, 6.45) is 0. The molecule has 0 atom stereocenters. The van der Waals surface area contributed by atoms with Crippen LogP contribution in [0.2, 0.25) is 0 Å². The van der Waals surface area contributed by atoms with E-state index in [-0.39, 0.29) is 16.7 Å². The average molecular weight is 467 g/mol. The predicted molar refractivity (Wildman–Crippen MR) is 129 cm³/mol. The standard InChI is InChI=1S/C26H24F2N2O2S/c1-26(2,3)18-10-8-17(9-11-18)16-33-25-29-22-7-5-4-6-21(22)23(31)30(25)19-12-14-20(15-13-19)32-24(27)28/h4-15,24H,16H2,1-3H3. The molecule has 0 fully saturated rings. The number of ether oxygens (including phenoxy) is 1. The molecule has 0 amide bonds. The lowest BCUT2D eigenvalue weighted by molar-refractivity contribution is -0.0498. The van der Waals surface area contributed by atoms with Gasteiger partial charge in [-0.25, -0.2) is 4.98 Å². The van der Waals surface area contributed by atoms with Gasteiger partial charge >= 0.3 is 6.61 Å². The highest BCUT2D eigenvalue weighted by Gasteiger charge is 2.16. The Hall–Kier alpha value is -3.19. The fourth-order valence-corrected chi connectivity index (χ4v) is 4.43. The van der Waals surface area contributed by atoms with Gasteiger partial charge in [0.2, 0.25) is 0 Å². The SMILES string of the molecule is CC(C)(C)c1ccc(CSc2nc3ccccc3c(=O)n2-c2ccc(OC(F)F)cc2)cc1. The first-order chi connectivity index (χ1) is 15.7. The fourth-order valence-electron chi connectivity index (χ4n) is 3.46. The summed E-state index contributed by atoms with van der Waals surface area (Å²) in [5.41, 5.74) is 3.37. The second-order valence-corrected chi connectivity index (χ2v) is 9.60. The van der Waals surface area contributed by atoms with Crippen LogP contribution in [0, 0.1) is 0 Å². The Balaban J connectivity index is 1.70. The summed E-state index contributed by atoms with van der Waals surface area (Å²) in [6.45, 7) is 3.61. The minimum atomic E-state index is -2.91. The van der Waals surface area contributed by atoms with Gasteiger partial charge in [-0.05, 0) is 52.9 Å². The minimum absolute atomic E-state index is 0.0312. The molecule has 0 spiro atoms. The molecule has 0 radical (unpaired) electrons. The van der Waals surface area contributed by atoms with Gasteiger partial charge in [0.05, 0.1) is 16.6 Å². The molecule has 7 heteroatoms. The predicted octanol–water partition coefficient (Wildman–Crippen LogP) is 6.58. The second kappa shape index (κ2) is 9.35. The van der Waals surface area contributed by atoms with E-state index < -0.39 is 6.61 Å². The van der Waals surface area contributed by atoms with Crippen LogP contribution in [0.5, 0.6) is 5.75 Å². The summed E-state index contributed by atoms with van der Waals surface area (Å²) in [5, 5.41) is 1.02. The molecule has 0 unspecified atom stereocenters. The van der Waals surface area contributed by atoms with Gasteiger partial charge in [0, 0.05) is 5.75 Å². The molecule has 4 aromatic rings. The van der Waals surface area contributed by atoms with Gasteiger partial charge in [0.1, 0.15) is 5.75 Å². The highest BCUT2D eigenvalue weighted by molar-refractivity contribution is 7.98. The van der Waals surface area contributed by atoms with E-state index in [1.54, 1.807) is 24.3 Å². The first-order valence-electron chi connectivity index (χ1n) is 10.5. The van der Waals surface area contributed by atoms with Crippen molar-refractivity contribution in [3.8, 4) is 11.4 Å². The second-order valence-electron chi connectivity index (χ2n) is 8.66. The molecule has 0 saturated heterocycles. The molecule has 33 heavy (non-hydrogen) atoms. The smallest absolute Gasteiger partial charge is 0.387 e. The fraction of sp³-hybridized carbons (Fsp3) is 0.231. The Morgan fingerprint density at radius 1 is 0.970 bits per heavy atom. The van der Waals surface area contributed by atoms with Crippen molar-refractivity contribution in [2.45, 2.75) is 43.7 Å². The first kappa shape index (κ1) is 23.0. The molecule has 0 N–H and O–H groups in total. The summed E-state index contributed by atoms with van der Waals surface area (Å²) in [6, 6.07) is 21.6. The van der Waals surface area contributed by atoms with E-state index in [1.165, 1.54) is 34.0 Å². The molecule has 170 valence electrons. The maximum atomic E-state index is 13.3. The maximum absolute atomic E-state index is 13.3. The third-order valence-electron chi connectivity index (χ3n) is 5.25. The molecule has 0 aliphatic rings. The van der Waals surface area contributed by atoms with Gasteiger partial charge in [-0.2, -0.15) is 8.78 Å². The van der Waals surface area contributed by atoms with Crippen molar-refractivity contribution in [1.82, 2.24) is 9.55 Å². The summed E-state index contributed by atoms with van der Waals surface area (Å²) in [5.74, 6) is 0.658. The number of benzene rings is 3. The molecule has 0 aliphatic carbocycles. The van der Waals surface area contributed by atoms with Crippen LogP contribution >= 0.6 is 11.8 Å². The largest absolute Gasteiger partial charge is 0.435 e. The van der Waals surface area contributed by atoms with Crippen LogP contribution in [0.25, 0.3) is 16.6 Å². The number of nitrogens with zero attached hydrogens (tertiary/aromatic N) is 2. The van der Waals surface area contributed by atoms with Crippen molar-refractivity contribution in [2.24, 2.45) is 0 Å². The van der Waals surface area contributed by atoms with Crippen LogP contribution in [0.15, 0.2) is 82.7 Å². The van der Waals surface area contributed by atoms with Crippen molar-refractivity contribution in [1.29, 1.82) is 0 Å². The lowest BCUT2D eigenvalue weighted by Crippen LogP contribution is -2.21. The molecule has 3 aromatic carbocycles. The molecular weight excluding hydrogens is 442 g/mol. The number of fused-ring (bicyclic) bond motifs is 1. The van der Waals surface area contributed by atoms with E-state index in [0.29, 0.717) is 27.5 Å². The van der Waals surface area contributed by atoms with E-state index in [0.717, 1.165) is 5.56 Å². The third kappa shape index (κ3) is 5.25. The Bertz CT molecular complexity index is 1310. The van der Waals surface area contributed by atoms with Gasteiger partial charge in [-0.3, -0.25) is 9.36 Å². The van der Waals surface area contributed by atoms with Crippen molar-refractivity contribution >= 4 is 22.7 Å². The Morgan fingerprint density at radius 3 is 2.27 bits per heavy atom. The summed E-state index contributed by atoms with van der Waals surface area (Å²) in [7, 11) is 0. The summed E-state index contributed by atoms with van der Waals surface area (Å²) in [4.78, 5) is 18.1. The topological polar surface area (TPSA) is 44.1 Å². The van der Waals surface area contributed by atoms with Crippen LogP contribution in [-0.4, -0.2) is 16.2 Å². The molecule has 4 nitrogen and oxygen atoms in total. The number of aromatic nitrogens is 2. The monoisotopic (exact) mass is 466 g/mol. The molecular formula is C26H24F2N2O2S. The maximum Gasteiger partial charge on any atom is 0.387 e. The van der Waals surface area contributed by atoms with Crippen LogP contribution in [-0.2, 0) is 11.2 Å². The van der Waals surface area contributed by atoms with E-state index in [1.807, 2.05) is 12.1 Å². The van der Waals surface area contributed by atoms with Crippen molar-refractivity contribution in [3.05, 3.63) is 94.3 Å². The molecule has 0 saturated carbocycles. The Morgan fingerprint density at radius 2 is 1.64 bits per heavy atom. The molecule has 4 rings (SSSR count). The third-order valence-corrected chi connectivity index (χ3v) is 6.26. The normalized spacial score (nSPS) is 11.8. The first-order valence-corrected chi connectivity index (χ1v) is 11.5. The number of rotatable bonds is 6. The lowest BCUT2D eigenvalue weighted by atomic mass is 9.87. The molecule has 1 heterocycles. The van der Waals surface area contributed by atoms with Gasteiger partial charge in [-0.15, -0.1) is 0 Å². The number of alkyl halides is 2. The van der Waals surface area contributed by atoms with E-state index >= 15 is 0 Å². The molecule has 0 aliphatic heterocycles. The zero-order valence-corrected chi connectivity index (χ0v) is 19.4. The number of hydrogen-bond acceptors (Lipinski definition) is 4. The number of para-hydroxylation sites is 1. The molecule has 0 bridgehead atoms. The summed E-state index contributed by atoms with van der Waals surface area (Å²) >= 11 is 1.45. The quantitative estimate of drug-likeness (QED) is 0.238.